The molecule has 0 bridgehead atoms. The van der Waals surface area contributed by atoms with Crippen molar-refractivity contribution in [3.63, 3.8) is 0 Å². The average molecular weight is 514 g/mol. The van der Waals surface area contributed by atoms with Gasteiger partial charge in [-0.2, -0.15) is 5.10 Å². The van der Waals surface area contributed by atoms with Crippen LogP contribution in [0.25, 0.3) is 0 Å². The first-order chi connectivity index (χ1) is 13.5. The van der Waals surface area contributed by atoms with Crippen molar-refractivity contribution in [2.75, 3.05) is 20.3 Å². The molecule has 0 saturated carbocycles. The van der Waals surface area contributed by atoms with Crippen LogP contribution in [-0.4, -0.2) is 38.4 Å². The van der Waals surface area contributed by atoms with Crippen molar-refractivity contribution in [1.29, 1.82) is 0 Å². The van der Waals surface area contributed by atoms with E-state index >= 15 is 0 Å². The zero-order chi connectivity index (χ0) is 20.5. The Morgan fingerprint density at radius 3 is 2.61 bits per heavy atom. The number of carbonyl (C=O) groups is 2. The van der Waals surface area contributed by atoms with E-state index in [1.807, 2.05) is 6.07 Å². The maximum Gasteiger partial charge on any atom is 0.344 e. The predicted molar refractivity (Wildman–Crippen MR) is 112 cm³/mol. The van der Waals surface area contributed by atoms with Crippen molar-refractivity contribution in [1.82, 2.24) is 5.43 Å². The lowest BCUT2D eigenvalue weighted by Gasteiger charge is -2.13. The summed E-state index contributed by atoms with van der Waals surface area (Å²) >= 11 is 6.71. The van der Waals surface area contributed by atoms with Gasteiger partial charge in [-0.15, -0.1) is 0 Å². The Morgan fingerprint density at radius 1 is 1.18 bits per heavy atom. The highest BCUT2D eigenvalue weighted by molar-refractivity contribution is 9.10. The fourth-order valence-corrected chi connectivity index (χ4v) is 3.20. The highest BCUT2D eigenvalue weighted by Crippen LogP contribution is 2.36. The van der Waals surface area contributed by atoms with Crippen LogP contribution in [0.4, 0.5) is 0 Å². The summed E-state index contributed by atoms with van der Waals surface area (Å²) in [6.45, 7) is 1.76. The van der Waals surface area contributed by atoms with Crippen LogP contribution in [0.2, 0.25) is 0 Å². The van der Waals surface area contributed by atoms with Crippen LogP contribution in [-0.2, 0) is 9.53 Å². The Labute approximate surface area is 179 Å². The fraction of sp³-hybridized carbons (Fsp3) is 0.211. The van der Waals surface area contributed by atoms with E-state index in [9.17, 15) is 9.59 Å². The summed E-state index contributed by atoms with van der Waals surface area (Å²) in [5, 5.41) is 3.97. The molecule has 0 atom stereocenters. The lowest BCUT2D eigenvalue weighted by molar-refractivity contribution is -0.145. The number of amides is 1. The minimum absolute atomic E-state index is 0.238. The van der Waals surface area contributed by atoms with Crippen molar-refractivity contribution in [3.05, 3.63) is 56.5 Å². The normalized spacial score (nSPS) is 10.6. The van der Waals surface area contributed by atoms with Gasteiger partial charge in [-0.05, 0) is 68.6 Å². The van der Waals surface area contributed by atoms with Gasteiger partial charge in [0, 0.05) is 4.47 Å². The Hall–Kier alpha value is -2.39. The summed E-state index contributed by atoms with van der Waals surface area (Å²) in [6.07, 6.45) is 1.47. The van der Waals surface area contributed by atoms with E-state index < -0.39 is 5.97 Å². The Balaban J connectivity index is 2.09. The highest BCUT2D eigenvalue weighted by atomic mass is 79.9. The Bertz CT molecular complexity index is 887. The van der Waals surface area contributed by atoms with Gasteiger partial charge in [0.2, 0.25) is 0 Å². The molecule has 2 rings (SSSR count). The minimum Gasteiger partial charge on any atom is -0.493 e. The largest absolute Gasteiger partial charge is 0.493 e. The first-order valence-corrected chi connectivity index (χ1v) is 9.78. The van der Waals surface area contributed by atoms with Crippen LogP contribution in [0.15, 0.2) is 50.4 Å². The van der Waals surface area contributed by atoms with Crippen molar-refractivity contribution in [3.8, 4) is 11.5 Å². The number of hydrazone groups is 1. The summed E-state index contributed by atoms with van der Waals surface area (Å²) in [7, 11) is 1.48. The van der Waals surface area contributed by atoms with Crippen LogP contribution in [0.5, 0.6) is 11.5 Å². The first-order valence-electron chi connectivity index (χ1n) is 8.20. The van der Waals surface area contributed by atoms with E-state index in [-0.39, 0.29) is 19.1 Å². The monoisotopic (exact) mass is 512 g/mol. The number of nitrogens with one attached hydrogen (secondary N) is 1. The molecule has 0 fully saturated rings. The Morgan fingerprint density at radius 2 is 1.93 bits per heavy atom. The molecule has 1 amide bonds. The zero-order valence-corrected chi connectivity index (χ0v) is 18.4. The number of benzene rings is 2. The SMILES string of the molecule is CCOC(=O)COc1c(Br)cc(/C=N/NC(=O)c2ccccc2Br)cc1OC. The quantitative estimate of drug-likeness (QED) is 0.328. The number of rotatable bonds is 8. The molecule has 28 heavy (non-hydrogen) atoms. The lowest BCUT2D eigenvalue weighted by Crippen LogP contribution is -2.18. The molecule has 0 spiro atoms. The van der Waals surface area contributed by atoms with E-state index in [1.165, 1.54) is 13.3 Å². The van der Waals surface area contributed by atoms with E-state index in [4.69, 9.17) is 14.2 Å². The second-order valence-electron chi connectivity index (χ2n) is 5.31. The third kappa shape index (κ3) is 6.07. The molecule has 0 aliphatic heterocycles. The molecule has 0 aromatic heterocycles. The maximum absolute atomic E-state index is 12.1. The molecular formula is C19H18Br2N2O5. The van der Waals surface area contributed by atoms with Crippen LogP contribution in [0.1, 0.15) is 22.8 Å². The molecule has 0 radical (unpaired) electrons. The van der Waals surface area contributed by atoms with Gasteiger partial charge in [-0.25, -0.2) is 10.2 Å². The molecule has 0 saturated heterocycles. The van der Waals surface area contributed by atoms with Gasteiger partial charge < -0.3 is 14.2 Å². The van der Waals surface area contributed by atoms with E-state index in [2.05, 4.69) is 42.4 Å². The molecule has 7 nitrogen and oxygen atoms in total. The van der Waals surface area contributed by atoms with Gasteiger partial charge in [0.05, 0.1) is 30.0 Å². The van der Waals surface area contributed by atoms with Crippen LogP contribution < -0.4 is 14.9 Å². The molecule has 148 valence electrons. The minimum atomic E-state index is -0.475. The van der Waals surface area contributed by atoms with Crippen molar-refractivity contribution < 1.29 is 23.8 Å². The standard InChI is InChI=1S/C19H18Br2N2O5/c1-3-27-17(24)11-28-18-15(21)8-12(9-16(18)26-2)10-22-23-19(25)13-6-4-5-7-14(13)20/h4-10H,3,11H2,1-2H3,(H,23,25)/b22-10+. The summed E-state index contributed by atoms with van der Waals surface area (Å²) in [6, 6.07) is 10.4. The molecule has 0 aliphatic carbocycles. The van der Waals surface area contributed by atoms with E-state index in [0.717, 1.165) is 0 Å². The molecular weight excluding hydrogens is 496 g/mol. The number of hydrogen-bond donors (Lipinski definition) is 1. The van der Waals surface area contributed by atoms with Crippen LogP contribution in [0, 0.1) is 0 Å². The average Bonchev–Trinajstić information content (AvgIpc) is 2.67. The van der Waals surface area contributed by atoms with Crippen LogP contribution >= 0.6 is 31.9 Å². The number of esters is 1. The molecule has 9 heteroatoms. The van der Waals surface area contributed by atoms with Gasteiger partial charge in [0.1, 0.15) is 0 Å². The van der Waals surface area contributed by atoms with Gasteiger partial charge in [0.25, 0.3) is 5.91 Å². The predicted octanol–water partition coefficient (Wildman–Crippen LogP) is 3.93. The molecule has 0 aliphatic rings. The Kier molecular flexibility index (Phi) is 8.46. The van der Waals surface area contributed by atoms with Crippen molar-refractivity contribution >= 4 is 50.0 Å². The summed E-state index contributed by atoms with van der Waals surface area (Å²) < 4.78 is 16.9. The zero-order valence-electron chi connectivity index (χ0n) is 15.2. The third-order valence-electron chi connectivity index (χ3n) is 3.39. The number of ether oxygens (including phenoxy) is 3. The van der Waals surface area contributed by atoms with Crippen molar-refractivity contribution in [2.45, 2.75) is 6.92 Å². The van der Waals surface area contributed by atoms with E-state index in [0.29, 0.717) is 31.6 Å². The second kappa shape index (κ2) is 10.8. The van der Waals surface area contributed by atoms with Gasteiger partial charge in [-0.1, -0.05) is 12.1 Å². The maximum atomic E-state index is 12.1. The highest BCUT2D eigenvalue weighted by Gasteiger charge is 2.14. The summed E-state index contributed by atoms with van der Waals surface area (Å²) in [5.41, 5.74) is 3.59. The number of nitrogens with zero attached hydrogens (tertiary/aromatic N) is 1. The first kappa shape index (κ1) is 21.9. The second-order valence-corrected chi connectivity index (χ2v) is 7.02. The number of halogens is 2. The van der Waals surface area contributed by atoms with Crippen molar-refractivity contribution in [2.24, 2.45) is 5.10 Å². The fourth-order valence-electron chi connectivity index (χ4n) is 2.16. The van der Waals surface area contributed by atoms with Gasteiger partial charge in [0.15, 0.2) is 18.1 Å². The number of carbonyl (C=O) groups excluding carboxylic acids is 2. The number of methoxy groups -OCH3 is 1. The summed E-state index contributed by atoms with van der Waals surface area (Å²) in [5.74, 6) is -0.0526. The molecule has 0 unspecified atom stereocenters. The molecule has 0 heterocycles. The van der Waals surface area contributed by atoms with Gasteiger partial charge >= 0.3 is 5.97 Å². The third-order valence-corrected chi connectivity index (χ3v) is 4.67. The molecule has 2 aromatic rings. The molecule has 2 aromatic carbocycles. The summed E-state index contributed by atoms with van der Waals surface area (Å²) in [4.78, 5) is 23.6. The number of hydrogen-bond acceptors (Lipinski definition) is 6. The van der Waals surface area contributed by atoms with E-state index in [1.54, 1.807) is 37.3 Å². The molecule has 1 N–H and O–H groups in total. The van der Waals surface area contributed by atoms with Crippen LogP contribution in [0.3, 0.4) is 0 Å². The topological polar surface area (TPSA) is 86.2 Å². The van der Waals surface area contributed by atoms with Gasteiger partial charge in [-0.3, -0.25) is 4.79 Å². The lowest BCUT2D eigenvalue weighted by atomic mass is 10.2. The smallest absolute Gasteiger partial charge is 0.344 e.